The molecule has 1 aromatic carbocycles. The van der Waals surface area contributed by atoms with E-state index in [1.807, 2.05) is 11.8 Å². The van der Waals surface area contributed by atoms with E-state index in [1.54, 1.807) is 18.4 Å². The molecule has 2 heterocycles. The van der Waals surface area contributed by atoms with Gasteiger partial charge in [0.05, 0.1) is 17.5 Å². The first kappa shape index (κ1) is 28.6. The number of methoxy groups -OCH3 is 1. The van der Waals surface area contributed by atoms with Gasteiger partial charge in [0.25, 0.3) is 0 Å². The molecule has 0 amide bonds. The normalized spacial score (nSPS) is 17.0. The van der Waals surface area contributed by atoms with Crippen molar-refractivity contribution in [1.29, 1.82) is 0 Å². The lowest BCUT2D eigenvalue weighted by Gasteiger charge is -2.16. The van der Waals surface area contributed by atoms with Crippen molar-refractivity contribution in [3.8, 4) is 11.5 Å². The summed E-state index contributed by atoms with van der Waals surface area (Å²) in [6, 6.07) is 8.40. The maximum atomic E-state index is 6.39. The topological polar surface area (TPSA) is 18.5 Å². The van der Waals surface area contributed by atoms with E-state index in [0.717, 1.165) is 51.8 Å². The molecule has 1 aliphatic rings. The van der Waals surface area contributed by atoms with Gasteiger partial charge in [0.1, 0.15) is 11.5 Å². The highest BCUT2D eigenvalue weighted by Crippen LogP contribution is 2.38. The zero-order valence-electron chi connectivity index (χ0n) is 21.1. The maximum absolute atomic E-state index is 6.39. The summed E-state index contributed by atoms with van der Waals surface area (Å²) < 4.78 is 14.5. The Morgan fingerprint density at radius 1 is 1.00 bits per heavy atom. The van der Waals surface area contributed by atoms with E-state index in [2.05, 4.69) is 107 Å². The molecule has 1 aliphatic heterocycles. The van der Waals surface area contributed by atoms with Gasteiger partial charge in [0.15, 0.2) is 0 Å². The summed E-state index contributed by atoms with van der Waals surface area (Å²) >= 11 is 10.7. The summed E-state index contributed by atoms with van der Waals surface area (Å²) in [4.78, 5) is 1.19. The standard InChI is InChI=1S/C29H36Br2O2S2/c1-20(2)6-5-7-21(3)16-17-33-27-19-22(8-10-24-12-14-28(30)34-24)26(32-4)18-23(27)9-11-25-13-15-29(31)35-25/h8-12,14-15,18-21,25H,5-7,13,16-17H2,1-4H3/b10-8+,11-9+. The van der Waals surface area contributed by atoms with E-state index in [9.17, 15) is 0 Å². The second-order valence-corrected chi connectivity index (χ2v) is 14.6. The minimum Gasteiger partial charge on any atom is -0.496 e. The van der Waals surface area contributed by atoms with Crippen LogP contribution in [0, 0.1) is 11.8 Å². The Balaban J connectivity index is 1.75. The highest BCUT2D eigenvalue weighted by molar-refractivity contribution is 9.14. The highest BCUT2D eigenvalue weighted by Gasteiger charge is 2.15. The number of allylic oxidation sites excluding steroid dienone is 1. The van der Waals surface area contributed by atoms with Crippen molar-refractivity contribution in [3.63, 3.8) is 0 Å². The van der Waals surface area contributed by atoms with Crippen molar-refractivity contribution in [2.75, 3.05) is 13.7 Å². The molecule has 0 aliphatic carbocycles. The van der Waals surface area contributed by atoms with E-state index >= 15 is 0 Å². The molecule has 2 nitrogen and oxygen atoms in total. The molecule has 0 spiro atoms. The van der Waals surface area contributed by atoms with Crippen LogP contribution in [0.4, 0.5) is 0 Å². The first-order valence-corrected chi connectivity index (χ1v) is 15.6. The minimum atomic E-state index is 0.445. The van der Waals surface area contributed by atoms with E-state index in [4.69, 9.17) is 9.47 Å². The third-order valence-electron chi connectivity index (χ3n) is 5.99. The molecule has 2 aromatic rings. The van der Waals surface area contributed by atoms with Gasteiger partial charge in [-0.2, -0.15) is 0 Å². The van der Waals surface area contributed by atoms with Crippen LogP contribution in [-0.2, 0) is 0 Å². The lowest BCUT2D eigenvalue weighted by molar-refractivity contribution is 0.275. The van der Waals surface area contributed by atoms with Gasteiger partial charge in [-0.3, -0.25) is 0 Å². The number of hydrogen-bond donors (Lipinski definition) is 0. The fourth-order valence-electron chi connectivity index (χ4n) is 3.91. The molecule has 0 saturated heterocycles. The Bertz CT molecular complexity index is 1040. The Morgan fingerprint density at radius 3 is 2.43 bits per heavy atom. The van der Waals surface area contributed by atoms with Gasteiger partial charge in [0, 0.05) is 25.1 Å². The smallest absolute Gasteiger partial charge is 0.127 e. The maximum Gasteiger partial charge on any atom is 0.127 e. The summed E-state index contributed by atoms with van der Waals surface area (Å²) in [6.45, 7) is 7.67. The van der Waals surface area contributed by atoms with Crippen LogP contribution in [0.3, 0.4) is 0 Å². The van der Waals surface area contributed by atoms with Crippen molar-refractivity contribution < 1.29 is 9.47 Å². The van der Waals surface area contributed by atoms with E-state index < -0.39 is 0 Å². The van der Waals surface area contributed by atoms with Gasteiger partial charge in [-0.1, -0.05) is 58.3 Å². The number of rotatable bonds is 13. The van der Waals surface area contributed by atoms with Crippen molar-refractivity contribution in [2.45, 2.75) is 58.1 Å². The second kappa shape index (κ2) is 14.7. The van der Waals surface area contributed by atoms with Gasteiger partial charge in [-0.15, -0.1) is 23.1 Å². The molecule has 35 heavy (non-hydrogen) atoms. The van der Waals surface area contributed by atoms with Crippen LogP contribution in [0.15, 0.2) is 44.0 Å². The first-order chi connectivity index (χ1) is 16.8. The van der Waals surface area contributed by atoms with Gasteiger partial charge in [0.2, 0.25) is 0 Å². The molecule has 1 aromatic heterocycles. The Morgan fingerprint density at radius 2 is 1.77 bits per heavy atom. The Labute approximate surface area is 236 Å². The zero-order chi connectivity index (χ0) is 25.2. The average molecular weight is 641 g/mol. The summed E-state index contributed by atoms with van der Waals surface area (Å²) in [6.07, 6.45) is 16.9. The fraction of sp³-hybridized carbons (Fsp3) is 0.448. The molecule has 190 valence electrons. The molecule has 2 unspecified atom stereocenters. The Hall–Kier alpha value is -0.950. The van der Waals surface area contributed by atoms with Gasteiger partial charge in [-0.05, 0) is 93.0 Å². The van der Waals surface area contributed by atoms with Crippen LogP contribution < -0.4 is 9.47 Å². The number of benzene rings is 1. The van der Waals surface area contributed by atoms with Gasteiger partial charge in [-0.25, -0.2) is 0 Å². The number of thioether (sulfide) groups is 1. The van der Waals surface area contributed by atoms with Crippen LogP contribution >= 0.6 is 55.0 Å². The molecule has 2 atom stereocenters. The van der Waals surface area contributed by atoms with Crippen molar-refractivity contribution in [2.24, 2.45) is 11.8 Å². The molecule has 3 rings (SSSR count). The van der Waals surface area contributed by atoms with Crippen molar-refractivity contribution in [1.82, 2.24) is 0 Å². The quantitative estimate of drug-likeness (QED) is 0.217. The second-order valence-electron chi connectivity index (χ2n) is 9.43. The number of thiophene rings is 1. The van der Waals surface area contributed by atoms with Crippen LogP contribution in [0.2, 0.25) is 0 Å². The van der Waals surface area contributed by atoms with E-state index in [-0.39, 0.29) is 0 Å². The fourth-order valence-corrected chi connectivity index (χ4v) is 6.98. The predicted octanol–water partition coefficient (Wildman–Crippen LogP) is 10.7. The number of halogens is 2. The molecule has 0 bridgehead atoms. The summed E-state index contributed by atoms with van der Waals surface area (Å²) in [5, 5.41) is 0.445. The average Bonchev–Trinajstić information content (AvgIpc) is 3.43. The summed E-state index contributed by atoms with van der Waals surface area (Å²) in [7, 11) is 1.73. The van der Waals surface area contributed by atoms with Gasteiger partial charge >= 0.3 is 0 Å². The lowest BCUT2D eigenvalue weighted by atomic mass is 9.98. The minimum absolute atomic E-state index is 0.445. The molecule has 0 radical (unpaired) electrons. The monoisotopic (exact) mass is 638 g/mol. The van der Waals surface area contributed by atoms with Crippen LogP contribution in [0.1, 0.15) is 68.9 Å². The van der Waals surface area contributed by atoms with Crippen LogP contribution in [0.5, 0.6) is 11.5 Å². The number of hydrogen-bond acceptors (Lipinski definition) is 4. The van der Waals surface area contributed by atoms with Gasteiger partial charge < -0.3 is 9.47 Å². The van der Waals surface area contributed by atoms with E-state index in [1.165, 1.54) is 28.0 Å². The van der Waals surface area contributed by atoms with E-state index in [0.29, 0.717) is 11.2 Å². The molecule has 0 fully saturated rings. The predicted molar refractivity (Wildman–Crippen MR) is 164 cm³/mol. The first-order valence-electron chi connectivity index (χ1n) is 12.3. The molecular weight excluding hydrogens is 604 g/mol. The third kappa shape index (κ3) is 9.79. The van der Waals surface area contributed by atoms with Crippen molar-refractivity contribution >= 4 is 73.2 Å². The largest absolute Gasteiger partial charge is 0.496 e. The van der Waals surface area contributed by atoms with Crippen molar-refractivity contribution in [3.05, 3.63) is 60.0 Å². The third-order valence-corrected chi connectivity index (χ3v) is 9.51. The molecule has 6 heteroatoms. The number of ether oxygens (including phenoxy) is 2. The summed E-state index contributed by atoms with van der Waals surface area (Å²) in [5.74, 6) is 3.21. The molecule has 0 N–H and O–H groups in total. The zero-order valence-corrected chi connectivity index (χ0v) is 25.9. The lowest BCUT2D eigenvalue weighted by Crippen LogP contribution is -2.06. The Kier molecular flexibility index (Phi) is 12.0. The molecule has 0 saturated carbocycles. The highest BCUT2D eigenvalue weighted by atomic mass is 79.9. The molecular formula is C29H36Br2O2S2. The van der Waals surface area contributed by atoms with Crippen LogP contribution in [0.25, 0.3) is 18.2 Å². The van der Waals surface area contributed by atoms with Crippen LogP contribution in [-0.4, -0.2) is 19.0 Å². The summed E-state index contributed by atoms with van der Waals surface area (Å²) in [5.41, 5.74) is 2.09. The SMILES string of the molecule is COc1cc(/C=C/C2CC=C(Br)S2)c(OCCC(C)CCCC(C)C)cc1/C=C/c1ccc(Br)s1.